The SMILES string of the molecule is CCOc1cc([C@H]2NC(=O)NC(C)=C2C(=O)OC)ccc1OC[C@H](O)N/N=C\c1ccc(N(CC)CC)cc1O. The van der Waals surface area contributed by atoms with Crippen LogP contribution in [0.15, 0.2) is 52.8 Å². The van der Waals surface area contributed by atoms with E-state index in [2.05, 4.69) is 26.1 Å². The molecule has 5 N–H and O–H groups in total. The molecule has 0 aromatic heterocycles. The summed E-state index contributed by atoms with van der Waals surface area (Å²) >= 11 is 0. The fraction of sp³-hybridized carbons (Fsp3) is 0.393. The van der Waals surface area contributed by atoms with Crippen LogP contribution in [0.2, 0.25) is 0 Å². The molecular weight excluding hydrogens is 518 g/mol. The second-order valence-corrected chi connectivity index (χ2v) is 8.83. The fourth-order valence-electron chi connectivity index (χ4n) is 4.24. The van der Waals surface area contributed by atoms with E-state index in [9.17, 15) is 19.8 Å². The van der Waals surface area contributed by atoms with E-state index in [4.69, 9.17) is 14.2 Å². The second kappa shape index (κ2) is 14.1. The first kappa shape index (κ1) is 30.1. The molecule has 3 rings (SSSR count). The maximum Gasteiger partial charge on any atom is 0.337 e. The maximum atomic E-state index is 12.4. The number of hydrogen-bond acceptors (Lipinski definition) is 10. The van der Waals surface area contributed by atoms with Crippen molar-refractivity contribution in [3.63, 3.8) is 0 Å². The molecule has 0 radical (unpaired) electrons. The van der Waals surface area contributed by atoms with E-state index in [1.807, 2.05) is 26.8 Å². The maximum absolute atomic E-state index is 12.4. The molecule has 0 unspecified atom stereocenters. The van der Waals surface area contributed by atoms with Gasteiger partial charge < -0.3 is 40.0 Å². The summed E-state index contributed by atoms with van der Waals surface area (Å²) in [6.45, 7) is 9.33. The lowest BCUT2D eigenvalue weighted by Gasteiger charge is -2.28. The molecule has 1 aliphatic rings. The van der Waals surface area contributed by atoms with Gasteiger partial charge in [0.05, 0.1) is 31.5 Å². The number of phenolic OH excluding ortho intramolecular Hbond substituents is 1. The van der Waals surface area contributed by atoms with Gasteiger partial charge in [0.2, 0.25) is 0 Å². The van der Waals surface area contributed by atoms with E-state index in [0.717, 1.165) is 18.8 Å². The molecule has 2 amide bonds. The number of hydrazone groups is 1. The number of aromatic hydroxyl groups is 1. The average Bonchev–Trinajstić information content (AvgIpc) is 2.93. The number of carbonyl (C=O) groups excluding carboxylic acids is 2. The summed E-state index contributed by atoms with van der Waals surface area (Å²) in [7, 11) is 1.27. The molecular formula is C28H37N5O7. The topological polar surface area (TPSA) is 154 Å². The quantitative estimate of drug-likeness (QED) is 0.109. The van der Waals surface area contributed by atoms with Crippen LogP contribution in [0.4, 0.5) is 10.5 Å². The van der Waals surface area contributed by atoms with Crippen LogP contribution >= 0.6 is 0 Å². The number of carbonyl (C=O) groups is 2. The van der Waals surface area contributed by atoms with E-state index in [1.165, 1.54) is 13.3 Å². The van der Waals surface area contributed by atoms with Crippen molar-refractivity contribution in [2.75, 3.05) is 38.3 Å². The number of ether oxygens (including phenoxy) is 3. The van der Waals surface area contributed by atoms with Crippen LogP contribution in [0.3, 0.4) is 0 Å². The number of aliphatic hydroxyl groups is 1. The summed E-state index contributed by atoms with van der Waals surface area (Å²) < 4.78 is 16.4. The summed E-state index contributed by atoms with van der Waals surface area (Å²) in [6, 6.07) is 9.09. The molecule has 1 aliphatic heterocycles. The van der Waals surface area contributed by atoms with E-state index in [-0.39, 0.29) is 17.9 Å². The molecule has 0 fully saturated rings. The largest absolute Gasteiger partial charge is 0.507 e. The first-order valence-electron chi connectivity index (χ1n) is 13.0. The van der Waals surface area contributed by atoms with Crippen molar-refractivity contribution in [1.29, 1.82) is 0 Å². The number of anilines is 1. The fourth-order valence-corrected chi connectivity index (χ4v) is 4.24. The number of esters is 1. The molecule has 1 heterocycles. The van der Waals surface area contributed by atoms with Crippen molar-refractivity contribution in [3.8, 4) is 17.2 Å². The van der Waals surface area contributed by atoms with Gasteiger partial charge in [0.15, 0.2) is 17.7 Å². The van der Waals surface area contributed by atoms with Gasteiger partial charge in [-0.15, -0.1) is 0 Å². The zero-order valence-electron chi connectivity index (χ0n) is 23.4. The van der Waals surface area contributed by atoms with Crippen molar-refractivity contribution >= 4 is 23.9 Å². The number of allylic oxidation sites excluding steroid dienone is 1. The molecule has 2 aromatic carbocycles. The molecule has 2 atom stereocenters. The number of nitrogens with zero attached hydrogens (tertiary/aromatic N) is 2. The third-order valence-corrected chi connectivity index (χ3v) is 6.24. The van der Waals surface area contributed by atoms with E-state index < -0.39 is 24.3 Å². The highest BCUT2D eigenvalue weighted by molar-refractivity contribution is 5.95. The summed E-state index contributed by atoms with van der Waals surface area (Å²) in [6.07, 6.45) is 0.245. The first-order valence-corrected chi connectivity index (χ1v) is 13.0. The van der Waals surface area contributed by atoms with Crippen LogP contribution in [0.25, 0.3) is 0 Å². The van der Waals surface area contributed by atoms with Gasteiger partial charge in [-0.05, 0) is 57.5 Å². The summed E-state index contributed by atoms with van der Waals surface area (Å²) in [5, 5.41) is 30.0. The van der Waals surface area contributed by atoms with Crippen LogP contribution in [-0.2, 0) is 9.53 Å². The average molecular weight is 556 g/mol. The number of nitrogens with one attached hydrogen (secondary N) is 3. The lowest BCUT2D eigenvalue weighted by molar-refractivity contribution is -0.136. The predicted molar refractivity (Wildman–Crippen MR) is 151 cm³/mol. The Morgan fingerprint density at radius 2 is 1.90 bits per heavy atom. The van der Waals surface area contributed by atoms with Crippen LogP contribution in [0.1, 0.15) is 44.9 Å². The van der Waals surface area contributed by atoms with E-state index >= 15 is 0 Å². The predicted octanol–water partition coefficient (Wildman–Crippen LogP) is 2.76. The smallest absolute Gasteiger partial charge is 0.337 e. The number of rotatable bonds is 13. The molecule has 0 spiro atoms. The standard InChI is InChI=1S/C28H37N5O7/c1-6-33(7-2)20-11-9-19(21(34)14-20)15-29-32-24(35)16-40-22-12-10-18(13-23(22)39-8-3)26-25(27(36)38-5)17(4)30-28(37)31-26/h9-15,24,26,32,34-35H,6-8,16H2,1-5H3,(H2,30,31,37)/b29-15-/t24-,26+/m0/s1. The molecule has 12 heteroatoms. The van der Waals surface area contributed by atoms with Gasteiger partial charge in [0, 0.05) is 36.1 Å². The van der Waals surface area contributed by atoms with Crippen molar-refractivity contribution in [1.82, 2.24) is 16.1 Å². The zero-order valence-corrected chi connectivity index (χ0v) is 23.4. The zero-order chi connectivity index (χ0) is 29.2. The monoisotopic (exact) mass is 555 g/mol. The lowest BCUT2D eigenvalue weighted by atomic mass is 9.95. The van der Waals surface area contributed by atoms with Crippen molar-refractivity contribution in [3.05, 3.63) is 58.8 Å². The Morgan fingerprint density at radius 1 is 1.15 bits per heavy atom. The normalized spacial score (nSPS) is 15.8. The number of hydrogen-bond donors (Lipinski definition) is 5. The molecule has 216 valence electrons. The van der Waals surface area contributed by atoms with E-state index in [0.29, 0.717) is 34.9 Å². The Morgan fingerprint density at radius 3 is 2.55 bits per heavy atom. The number of aliphatic hydroxyl groups excluding tert-OH is 1. The van der Waals surface area contributed by atoms with Gasteiger partial charge in [0.25, 0.3) is 0 Å². The molecule has 0 saturated heterocycles. The highest BCUT2D eigenvalue weighted by Gasteiger charge is 2.32. The van der Waals surface area contributed by atoms with Crippen molar-refractivity contribution < 1.29 is 34.0 Å². The molecule has 12 nitrogen and oxygen atoms in total. The molecule has 40 heavy (non-hydrogen) atoms. The summed E-state index contributed by atoms with van der Waals surface area (Å²) in [5.74, 6) is 0.216. The van der Waals surface area contributed by atoms with E-state index in [1.54, 1.807) is 37.3 Å². The first-order chi connectivity index (χ1) is 19.2. The van der Waals surface area contributed by atoms with Crippen LogP contribution in [0, 0.1) is 0 Å². The highest BCUT2D eigenvalue weighted by atomic mass is 16.5. The minimum Gasteiger partial charge on any atom is -0.507 e. The van der Waals surface area contributed by atoms with Gasteiger partial charge in [-0.3, -0.25) is 5.43 Å². The second-order valence-electron chi connectivity index (χ2n) is 8.83. The Bertz CT molecular complexity index is 1260. The number of phenols is 1. The minimum atomic E-state index is -1.16. The number of methoxy groups -OCH3 is 1. The van der Waals surface area contributed by atoms with Crippen molar-refractivity contribution in [2.45, 2.75) is 40.0 Å². The van der Waals surface area contributed by atoms with Gasteiger partial charge in [0.1, 0.15) is 12.4 Å². The highest BCUT2D eigenvalue weighted by Crippen LogP contribution is 2.35. The Hall–Kier alpha value is -4.45. The van der Waals surface area contributed by atoms with Gasteiger partial charge in [-0.1, -0.05) is 6.07 Å². The third-order valence-electron chi connectivity index (χ3n) is 6.24. The van der Waals surface area contributed by atoms with Gasteiger partial charge >= 0.3 is 12.0 Å². The molecule has 0 aliphatic carbocycles. The van der Waals surface area contributed by atoms with Gasteiger partial charge in [-0.2, -0.15) is 5.10 Å². The molecule has 0 bridgehead atoms. The number of urea groups is 1. The summed E-state index contributed by atoms with van der Waals surface area (Å²) in [4.78, 5) is 26.6. The van der Waals surface area contributed by atoms with Crippen LogP contribution in [-0.4, -0.2) is 68.1 Å². The van der Waals surface area contributed by atoms with Crippen LogP contribution in [0.5, 0.6) is 17.2 Å². The molecule has 2 aromatic rings. The molecule has 0 saturated carbocycles. The third kappa shape index (κ3) is 7.35. The Labute approximate surface area is 233 Å². The minimum absolute atomic E-state index is 0.0764. The number of amides is 2. The summed E-state index contributed by atoms with van der Waals surface area (Å²) in [5.41, 5.74) is 5.21. The van der Waals surface area contributed by atoms with Crippen molar-refractivity contribution in [2.24, 2.45) is 5.10 Å². The Balaban J connectivity index is 1.67. The Kier molecular flexibility index (Phi) is 10.6. The number of benzene rings is 2. The lowest BCUT2D eigenvalue weighted by Crippen LogP contribution is -2.45. The van der Waals surface area contributed by atoms with Gasteiger partial charge in [-0.25, -0.2) is 9.59 Å². The van der Waals surface area contributed by atoms with Crippen LogP contribution < -0.4 is 30.4 Å².